The van der Waals surface area contributed by atoms with Gasteiger partial charge in [0.15, 0.2) is 13.2 Å². The molecule has 13 nitrogen and oxygen atoms in total. The van der Waals surface area contributed by atoms with Gasteiger partial charge >= 0.3 is 18.1 Å². The summed E-state index contributed by atoms with van der Waals surface area (Å²) < 4.78 is 69.0. The fourth-order valence-electron chi connectivity index (χ4n) is 7.47. The SMILES string of the molecule is CC(C)(C(=O)NCC1CCC(NC(=O)COc2ccc(Cl)c(F)c2)CC1)c1ccc(Cl)cc1.CC(C)(C(=O)O)c1ccc(Cl)cc1.NCC1CCC(NC(=O)COc2ccc(Cl)c(F)c2)CC1.O=C(O)C(F)(F)F.[HH].[HH].[HH]. The summed E-state index contributed by atoms with van der Waals surface area (Å²) in [5.41, 5.74) is 5.80. The summed E-state index contributed by atoms with van der Waals surface area (Å²) in [6.07, 6.45) is 2.40. The molecule has 0 aliphatic heterocycles. The Balaban J connectivity index is 0.00000112. The molecule has 0 radical (unpaired) electrons. The average Bonchev–Trinajstić information content (AvgIpc) is 3.35. The lowest BCUT2D eigenvalue weighted by atomic mass is 9.82. The van der Waals surface area contributed by atoms with Crippen LogP contribution in [0.15, 0.2) is 84.9 Å². The molecule has 0 heterocycles. The first-order valence-corrected chi connectivity index (χ1v) is 24.9. The van der Waals surface area contributed by atoms with Crippen LogP contribution in [0.4, 0.5) is 22.0 Å². The molecule has 74 heavy (non-hydrogen) atoms. The van der Waals surface area contributed by atoms with Crippen LogP contribution in [0.5, 0.6) is 11.5 Å². The highest BCUT2D eigenvalue weighted by Gasteiger charge is 2.38. The minimum Gasteiger partial charge on any atom is -0.484 e. The van der Waals surface area contributed by atoms with Crippen molar-refractivity contribution in [2.45, 2.75) is 108 Å². The number of carbonyl (C=O) groups is 5. The number of ether oxygens (including phenoxy) is 2. The van der Waals surface area contributed by atoms with Crippen molar-refractivity contribution in [3.63, 3.8) is 0 Å². The molecule has 0 spiro atoms. The summed E-state index contributed by atoms with van der Waals surface area (Å²) in [7, 11) is 0. The number of nitrogens with two attached hydrogens (primary N) is 1. The van der Waals surface area contributed by atoms with Crippen LogP contribution in [0.25, 0.3) is 0 Å². The van der Waals surface area contributed by atoms with E-state index < -0.39 is 40.6 Å². The van der Waals surface area contributed by atoms with E-state index in [-0.39, 0.29) is 63.1 Å². The van der Waals surface area contributed by atoms with Gasteiger partial charge in [-0.05, 0) is 157 Å². The molecule has 2 saturated carbocycles. The van der Waals surface area contributed by atoms with E-state index in [4.69, 9.17) is 76.6 Å². The molecule has 4 aromatic rings. The first-order valence-electron chi connectivity index (χ1n) is 23.4. The zero-order valence-corrected chi connectivity index (χ0v) is 44.1. The molecule has 412 valence electrons. The van der Waals surface area contributed by atoms with Crippen molar-refractivity contribution in [1.29, 1.82) is 0 Å². The van der Waals surface area contributed by atoms with Gasteiger partial charge in [-0.1, -0.05) is 70.7 Å². The van der Waals surface area contributed by atoms with Crippen LogP contribution in [0.2, 0.25) is 20.1 Å². The van der Waals surface area contributed by atoms with Crippen molar-refractivity contribution in [2.24, 2.45) is 17.6 Å². The smallest absolute Gasteiger partial charge is 0.484 e. The summed E-state index contributed by atoms with van der Waals surface area (Å²) in [6, 6.07) is 22.6. The van der Waals surface area contributed by atoms with Gasteiger partial charge in [0.2, 0.25) is 5.91 Å². The van der Waals surface area contributed by atoms with Gasteiger partial charge in [0.05, 0.1) is 20.9 Å². The van der Waals surface area contributed by atoms with E-state index in [2.05, 4.69) is 16.0 Å². The average molecular weight is 1130 g/mol. The van der Waals surface area contributed by atoms with Gasteiger partial charge in [-0.25, -0.2) is 13.6 Å². The molecule has 4 aromatic carbocycles. The molecule has 6 rings (SSSR count). The van der Waals surface area contributed by atoms with Gasteiger partial charge in [0, 0.05) is 45.1 Å². The van der Waals surface area contributed by atoms with Gasteiger partial charge in [-0.3, -0.25) is 19.2 Å². The number of carboxylic acid groups (broad SMARTS) is 2. The lowest BCUT2D eigenvalue weighted by Crippen LogP contribution is -2.44. The standard InChI is InChI=1S/C25H29Cl2FN2O3.C15H20ClFN2O2.C10H11ClO2.C2HF3O2.3H2/c1-25(2,17-5-7-18(26)8-6-17)24(32)29-14-16-3-9-19(10-4-16)30-23(31)15-33-20-11-12-21(27)22(28)13-20;16-13-6-5-12(7-14(13)17)21-9-15(20)19-11-3-1-10(8-18)2-4-11;1-10(2,9(12)13)7-3-5-8(11)6-4-7;3-2(4,5)1(6)7;;;/h5-8,11-13,16,19H,3-4,9-10,14-15H2,1-2H3,(H,29,32)(H,30,31);5-7,10-11H,1-4,8-9,18H2,(H,19,20);3-6H,1-2H3,(H,12,13);(H,6,7);3*1H. The first-order chi connectivity index (χ1) is 34.6. The molecule has 0 aromatic heterocycles. The van der Waals surface area contributed by atoms with E-state index in [1.807, 2.05) is 26.0 Å². The Morgan fingerprint density at radius 3 is 1.30 bits per heavy atom. The Morgan fingerprint density at radius 2 is 0.959 bits per heavy atom. The minimum atomic E-state index is -5.08. The second-order valence-electron chi connectivity index (χ2n) is 18.6. The minimum absolute atomic E-state index is 0. The Hall–Kier alpha value is -5.40. The molecule has 0 atom stereocenters. The van der Waals surface area contributed by atoms with Crippen LogP contribution in [-0.2, 0) is 34.8 Å². The van der Waals surface area contributed by atoms with E-state index in [9.17, 15) is 41.1 Å². The van der Waals surface area contributed by atoms with Crippen molar-refractivity contribution in [2.75, 3.05) is 26.3 Å². The van der Waals surface area contributed by atoms with Crippen LogP contribution in [0, 0.1) is 23.5 Å². The zero-order valence-electron chi connectivity index (χ0n) is 41.1. The van der Waals surface area contributed by atoms with E-state index in [0.717, 1.165) is 68.6 Å². The fourth-order valence-corrected chi connectivity index (χ4v) is 7.96. The Bertz CT molecular complexity index is 2490. The zero-order chi connectivity index (χ0) is 55.4. The molecule has 3 amide bonds. The third kappa shape index (κ3) is 21.4. The molecule has 0 saturated heterocycles. The number of alkyl halides is 3. The van der Waals surface area contributed by atoms with E-state index >= 15 is 0 Å². The van der Waals surface area contributed by atoms with E-state index in [1.54, 1.807) is 50.2 Å². The number of halogens is 9. The second-order valence-corrected chi connectivity index (χ2v) is 20.3. The van der Waals surface area contributed by atoms with Crippen molar-refractivity contribution >= 4 is 76.1 Å². The largest absolute Gasteiger partial charge is 0.490 e. The fraction of sp³-hybridized carbons (Fsp3) is 0.442. The summed E-state index contributed by atoms with van der Waals surface area (Å²) in [4.78, 5) is 56.5. The number of hydrogen-bond acceptors (Lipinski definition) is 8. The second kappa shape index (κ2) is 29.6. The van der Waals surface area contributed by atoms with Crippen molar-refractivity contribution < 1.29 is 69.9 Å². The number of carboxylic acids is 2. The predicted octanol–water partition coefficient (Wildman–Crippen LogP) is 11.8. The van der Waals surface area contributed by atoms with Crippen LogP contribution in [0.3, 0.4) is 0 Å². The maximum atomic E-state index is 13.4. The first kappa shape index (κ1) is 62.9. The third-order valence-corrected chi connectivity index (χ3v) is 13.4. The molecular weight excluding hydrogens is 1060 g/mol. The predicted molar refractivity (Wildman–Crippen MR) is 280 cm³/mol. The van der Waals surface area contributed by atoms with Gasteiger partial charge < -0.3 is 41.4 Å². The molecule has 22 heteroatoms. The quantitative estimate of drug-likeness (QED) is 0.0621. The third-order valence-electron chi connectivity index (χ3n) is 12.3. The molecule has 2 aliphatic rings. The number of rotatable bonds is 15. The number of nitrogens with one attached hydrogen (secondary N) is 3. The summed E-state index contributed by atoms with van der Waals surface area (Å²) in [5, 5.41) is 26.3. The van der Waals surface area contributed by atoms with E-state index in [0.29, 0.717) is 40.7 Å². The maximum absolute atomic E-state index is 13.4. The highest BCUT2D eigenvalue weighted by molar-refractivity contribution is 6.31. The van der Waals surface area contributed by atoms with Crippen LogP contribution in [0.1, 0.15) is 94.5 Å². The Kier molecular flexibility index (Phi) is 25.2. The van der Waals surface area contributed by atoms with Gasteiger partial charge in [0.25, 0.3) is 11.8 Å². The normalized spacial score (nSPS) is 17.5. The molecular formula is C52H67Cl4F5N4O9. The lowest BCUT2D eigenvalue weighted by molar-refractivity contribution is -0.192. The topological polar surface area (TPSA) is 206 Å². The summed E-state index contributed by atoms with van der Waals surface area (Å²) in [5.74, 6) is -3.70. The monoisotopic (exact) mass is 1130 g/mol. The van der Waals surface area contributed by atoms with Crippen molar-refractivity contribution in [3.05, 3.63) is 128 Å². The maximum Gasteiger partial charge on any atom is 0.490 e. The number of amides is 3. The summed E-state index contributed by atoms with van der Waals surface area (Å²) >= 11 is 22.9. The van der Waals surface area contributed by atoms with Gasteiger partial charge in [-0.2, -0.15) is 13.2 Å². The number of benzene rings is 4. The number of aliphatic carboxylic acids is 2. The highest BCUT2D eigenvalue weighted by Crippen LogP contribution is 2.29. The van der Waals surface area contributed by atoms with Crippen molar-refractivity contribution in [3.8, 4) is 11.5 Å². The highest BCUT2D eigenvalue weighted by atomic mass is 35.5. The van der Waals surface area contributed by atoms with Gasteiger partial charge in [-0.15, -0.1) is 0 Å². The Labute approximate surface area is 451 Å². The summed E-state index contributed by atoms with van der Waals surface area (Å²) in [6.45, 7) is 8.15. The van der Waals surface area contributed by atoms with Crippen molar-refractivity contribution in [1.82, 2.24) is 16.0 Å². The molecule has 7 N–H and O–H groups in total. The lowest BCUT2D eigenvalue weighted by Gasteiger charge is -2.31. The molecule has 0 bridgehead atoms. The van der Waals surface area contributed by atoms with Gasteiger partial charge in [0.1, 0.15) is 23.1 Å². The molecule has 2 fully saturated rings. The molecule has 2 aliphatic carbocycles. The number of carbonyl (C=O) groups excluding carboxylic acids is 3. The van der Waals surface area contributed by atoms with E-state index in [1.165, 1.54) is 30.3 Å². The molecule has 0 unspecified atom stereocenters. The van der Waals surface area contributed by atoms with Crippen LogP contribution in [-0.4, -0.2) is 84.4 Å². The van der Waals surface area contributed by atoms with Crippen LogP contribution >= 0.6 is 46.4 Å². The number of hydrogen-bond donors (Lipinski definition) is 6. The Morgan fingerprint density at radius 1 is 0.595 bits per heavy atom. The van der Waals surface area contributed by atoms with Crippen LogP contribution < -0.4 is 31.2 Å².